The second-order valence-electron chi connectivity index (χ2n) is 5.89. The van der Waals surface area contributed by atoms with Crippen LogP contribution in [0.25, 0.3) is 0 Å². The Morgan fingerprint density at radius 2 is 1.78 bits per heavy atom. The fourth-order valence-corrected chi connectivity index (χ4v) is 3.18. The van der Waals surface area contributed by atoms with E-state index in [0.717, 1.165) is 17.7 Å². The molecule has 0 spiro atoms. The highest BCUT2D eigenvalue weighted by Gasteiger charge is 2.25. The third kappa shape index (κ3) is 5.50. The molecule has 0 radical (unpaired) electrons. The SMILES string of the molecule is CC(C)c1ccc(OCC(=O)NNS(=O)(=O)c2ccccc2[N+](=O)[O-])cc1. The van der Waals surface area contributed by atoms with Crippen molar-refractivity contribution in [3.05, 3.63) is 64.2 Å². The highest BCUT2D eigenvalue weighted by Crippen LogP contribution is 2.22. The number of carbonyl (C=O) groups excluding carboxylic acids is 1. The average molecular weight is 393 g/mol. The molecule has 0 aromatic heterocycles. The van der Waals surface area contributed by atoms with Crippen LogP contribution < -0.4 is 15.0 Å². The highest BCUT2D eigenvalue weighted by atomic mass is 32.2. The number of hydrogen-bond donors (Lipinski definition) is 2. The van der Waals surface area contributed by atoms with Crippen molar-refractivity contribution in [2.75, 3.05) is 6.61 Å². The van der Waals surface area contributed by atoms with E-state index in [9.17, 15) is 23.3 Å². The van der Waals surface area contributed by atoms with Crippen LogP contribution in [0.15, 0.2) is 53.4 Å². The molecule has 0 aliphatic rings. The van der Waals surface area contributed by atoms with Crippen LogP contribution in [0.4, 0.5) is 5.69 Å². The van der Waals surface area contributed by atoms with Crippen LogP contribution in [0.5, 0.6) is 5.75 Å². The summed E-state index contributed by atoms with van der Waals surface area (Å²) in [6.45, 7) is 3.67. The maximum absolute atomic E-state index is 12.2. The first kappa shape index (κ1) is 20.3. The first-order valence-electron chi connectivity index (χ1n) is 7.97. The van der Waals surface area contributed by atoms with Crippen LogP contribution in [0.3, 0.4) is 0 Å². The molecule has 0 unspecified atom stereocenters. The van der Waals surface area contributed by atoms with Gasteiger partial charge in [-0.15, -0.1) is 4.83 Å². The van der Waals surface area contributed by atoms with Gasteiger partial charge in [0.05, 0.1) is 4.92 Å². The van der Waals surface area contributed by atoms with Gasteiger partial charge in [0.15, 0.2) is 11.5 Å². The third-order valence-electron chi connectivity index (χ3n) is 3.59. The first-order valence-corrected chi connectivity index (χ1v) is 9.46. The van der Waals surface area contributed by atoms with Crippen molar-refractivity contribution < 1.29 is 22.9 Å². The molecule has 144 valence electrons. The van der Waals surface area contributed by atoms with Crippen LogP contribution in [0.2, 0.25) is 0 Å². The Bertz CT molecular complexity index is 926. The predicted octanol–water partition coefficient (Wildman–Crippen LogP) is 2.11. The lowest BCUT2D eigenvalue weighted by atomic mass is 10.0. The normalized spacial score (nSPS) is 11.2. The number of benzene rings is 2. The van der Waals surface area contributed by atoms with Gasteiger partial charge in [0, 0.05) is 6.07 Å². The van der Waals surface area contributed by atoms with Crippen molar-refractivity contribution in [3.8, 4) is 5.75 Å². The first-order chi connectivity index (χ1) is 12.7. The Hall–Kier alpha value is -2.98. The molecule has 0 aliphatic carbocycles. The van der Waals surface area contributed by atoms with Crippen molar-refractivity contribution in [1.82, 2.24) is 10.3 Å². The number of rotatable bonds is 8. The summed E-state index contributed by atoms with van der Waals surface area (Å²) in [7, 11) is -4.31. The molecule has 0 bridgehead atoms. The van der Waals surface area contributed by atoms with Crippen molar-refractivity contribution in [2.45, 2.75) is 24.7 Å². The van der Waals surface area contributed by atoms with Crippen LogP contribution in [0.1, 0.15) is 25.3 Å². The summed E-state index contributed by atoms with van der Waals surface area (Å²) in [5.41, 5.74) is 2.48. The minimum atomic E-state index is -4.31. The van der Waals surface area contributed by atoms with E-state index in [1.165, 1.54) is 12.1 Å². The largest absolute Gasteiger partial charge is 0.484 e. The zero-order valence-electron chi connectivity index (χ0n) is 14.7. The van der Waals surface area contributed by atoms with Crippen molar-refractivity contribution in [2.24, 2.45) is 0 Å². The topological polar surface area (TPSA) is 128 Å². The fourth-order valence-electron chi connectivity index (χ4n) is 2.15. The zero-order valence-corrected chi connectivity index (χ0v) is 15.5. The summed E-state index contributed by atoms with van der Waals surface area (Å²) in [4.78, 5) is 23.2. The monoisotopic (exact) mass is 393 g/mol. The number of carbonyl (C=O) groups is 1. The van der Waals surface area contributed by atoms with E-state index in [0.29, 0.717) is 11.7 Å². The third-order valence-corrected chi connectivity index (χ3v) is 4.89. The smallest absolute Gasteiger partial charge is 0.289 e. The van der Waals surface area contributed by atoms with Gasteiger partial charge < -0.3 is 4.74 Å². The van der Waals surface area contributed by atoms with E-state index >= 15 is 0 Å². The molecule has 0 fully saturated rings. The summed E-state index contributed by atoms with van der Waals surface area (Å²) in [6.07, 6.45) is 0. The molecule has 0 saturated carbocycles. The van der Waals surface area contributed by atoms with Gasteiger partial charge in [0.1, 0.15) is 5.75 Å². The highest BCUT2D eigenvalue weighted by molar-refractivity contribution is 7.89. The summed E-state index contributed by atoms with van der Waals surface area (Å²) >= 11 is 0. The van der Waals surface area contributed by atoms with Gasteiger partial charge in [0.25, 0.3) is 21.6 Å². The molecule has 0 saturated heterocycles. The van der Waals surface area contributed by atoms with E-state index in [1.807, 2.05) is 36.2 Å². The second-order valence-corrected chi connectivity index (χ2v) is 7.54. The Kier molecular flexibility index (Phi) is 6.48. The van der Waals surface area contributed by atoms with Gasteiger partial charge in [-0.25, -0.2) is 8.42 Å². The average Bonchev–Trinajstić information content (AvgIpc) is 2.65. The summed E-state index contributed by atoms with van der Waals surface area (Å²) in [5, 5.41) is 10.9. The number of nitro benzene ring substituents is 1. The second kappa shape index (κ2) is 8.60. The lowest BCUT2D eigenvalue weighted by Crippen LogP contribution is -2.43. The molecular formula is C17H19N3O6S. The minimum absolute atomic E-state index is 0.360. The van der Waals surface area contributed by atoms with Crippen LogP contribution >= 0.6 is 0 Å². The van der Waals surface area contributed by atoms with Gasteiger partial charge in [-0.3, -0.25) is 20.3 Å². The van der Waals surface area contributed by atoms with Gasteiger partial charge >= 0.3 is 0 Å². The number of para-hydroxylation sites is 1. The Labute approximate surface area is 156 Å². The summed E-state index contributed by atoms with van der Waals surface area (Å²) in [6, 6.07) is 12.0. The number of nitrogens with one attached hydrogen (secondary N) is 2. The Balaban J connectivity index is 1.94. The summed E-state index contributed by atoms with van der Waals surface area (Å²) < 4.78 is 29.6. The van der Waals surface area contributed by atoms with Crippen LogP contribution in [-0.4, -0.2) is 25.9 Å². The van der Waals surface area contributed by atoms with Crippen molar-refractivity contribution in [1.29, 1.82) is 0 Å². The predicted molar refractivity (Wildman–Crippen MR) is 97.6 cm³/mol. The van der Waals surface area contributed by atoms with Gasteiger partial charge in [0.2, 0.25) is 0 Å². The zero-order chi connectivity index (χ0) is 20.0. The molecule has 10 heteroatoms. The minimum Gasteiger partial charge on any atom is -0.484 e. The molecule has 0 heterocycles. The van der Waals surface area contributed by atoms with E-state index in [1.54, 1.807) is 12.1 Å². The van der Waals surface area contributed by atoms with E-state index in [4.69, 9.17) is 4.74 Å². The molecule has 2 aromatic carbocycles. The number of hydrogen-bond acceptors (Lipinski definition) is 6. The lowest BCUT2D eigenvalue weighted by Gasteiger charge is -2.10. The number of ether oxygens (including phenoxy) is 1. The fraction of sp³-hybridized carbons (Fsp3) is 0.235. The van der Waals surface area contributed by atoms with E-state index < -0.39 is 38.0 Å². The quantitative estimate of drug-likeness (QED) is 0.522. The van der Waals surface area contributed by atoms with Crippen molar-refractivity contribution >= 4 is 21.6 Å². The maximum Gasteiger partial charge on any atom is 0.289 e. The number of nitro groups is 1. The molecule has 0 aliphatic heterocycles. The number of hydrazine groups is 1. The molecule has 9 nitrogen and oxygen atoms in total. The van der Waals surface area contributed by atoms with Crippen LogP contribution in [-0.2, 0) is 14.8 Å². The van der Waals surface area contributed by atoms with Gasteiger partial charge in [-0.05, 0) is 29.7 Å². The standard InChI is InChI=1S/C17H19N3O6S/c1-12(2)13-7-9-14(10-8-13)26-11-17(21)18-19-27(24,25)16-6-4-3-5-15(16)20(22)23/h3-10,12,19H,11H2,1-2H3,(H,18,21). The molecule has 2 aromatic rings. The van der Waals surface area contributed by atoms with E-state index in [-0.39, 0.29) is 0 Å². The Morgan fingerprint density at radius 3 is 2.37 bits per heavy atom. The number of sulfonamides is 1. The number of nitrogens with zero attached hydrogens (tertiary/aromatic N) is 1. The molecule has 27 heavy (non-hydrogen) atoms. The Morgan fingerprint density at radius 1 is 1.15 bits per heavy atom. The van der Waals surface area contributed by atoms with E-state index in [2.05, 4.69) is 0 Å². The lowest BCUT2D eigenvalue weighted by molar-refractivity contribution is -0.387. The summed E-state index contributed by atoms with van der Waals surface area (Å²) in [5.74, 6) is 0.0556. The molecule has 1 amide bonds. The van der Waals surface area contributed by atoms with Crippen LogP contribution in [0, 0.1) is 10.1 Å². The van der Waals surface area contributed by atoms with Gasteiger partial charge in [-0.2, -0.15) is 0 Å². The maximum atomic E-state index is 12.2. The molecule has 0 atom stereocenters. The molecular weight excluding hydrogens is 374 g/mol. The van der Waals surface area contributed by atoms with Gasteiger partial charge in [-0.1, -0.05) is 38.1 Å². The molecule has 2 rings (SSSR count). The van der Waals surface area contributed by atoms with Crippen molar-refractivity contribution in [3.63, 3.8) is 0 Å². The number of amides is 1. The molecule has 2 N–H and O–H groups in total.